The van der Waals surface area contributed by atoms with Gasteiger partial charge in [0.05, 0.1) is 6.10 Å². The number of amides is 1. The van der Waals surface area contributed by atoms with Gasteiger partial charge in [-0.15, -0.1) is 0 Å². The van der Waals surface area contributed by atoms with E-state index in [1.54, 1.807) is 12.3 Å². The highest BCUT2D eigenvalue weighted by molar-refractivity contribution is 5.94. The van der Waals surface area contributed by atoms with Crippen LogP contribution >= 0.6 is 0 Å². The Morgan fingerprint density at radius 3 is 2.84 bits per heavy atom. The number of rotatable bonds is 5. The van der Waals surface area contributed by atoms with Crippen LogP contribution in [0.5, 0.6) is 0 Å². The SMILES string of the molecule is CCCOC1CCCN(C(=O)c2ccc(-c3nccc(N)n3)cc2)C1. The van der Waals surface area contributed by atoms with Crippen molar-refractivity contribution in [3.63, 3.8) is 0 Å². The number of benzene rings is 1. The Balaban J connectivity index is 1.68. The fourth-order valence-electron chi connectivity index (χ4n) is 3.00. The summed E-state index contributed by atoms with van der Waals surface area (Å²) >= 11 is 0. The Kier molecular flexibility index (Phi) is 5.60. The highest BCUT2D eigenvalue weighted by atomic mass is 16.5. The summed E-state index contributed by atoms with van der Waals surface area (Å²) in [5.41, 5.74) is 7.21. The van der Waals surface area contributed by atoms with E-state index in [0.29, 0.717) is 23.8 Å². The van der Waals surface area contributed by atoms with E-state index in [1.807, 2.05) is 29.2 Å². The molecule has 1 amide bonds. The first-order chi connectivity index (χ1) is 12.2. The van der Waals surface area contributed by atoms with Crippen LogP contribution in [0, 0.1) is 0 Å². The van der Waals surface area contributed by atoms with Crippen molar-refractivity contribution in [2.24, 2.45) is 0 Å². The molecule has 6 nitrogen and oxygen atoms in total. The first kappa shape index (κ1) is 17.4. The molecule has 1 aromatic heterocycles. The molecule has 0 radical (unpaired) electrons. The van der Waals surface area contributed by atoms with Gasteiger partial charge in [0.1, 0.15) is 5.82 Å². The van der Waals surface area contributed by atoms with Crippen LogP contribution in [0.4, 0.5) is 5.82 Å². The number of carbonyl (C=O) groups is 1. The molecule has 1 unspecified atom stereocenters. The Morgan fingerprint density at radius 2 is 2.12 bits per heavy atom. The third-order valence-corrected chi connectivity index (χ3v) is 4.29. The van der Waals surface area contributed by atoms with Crippen LogP contribution < -0.4 is 5.73 Å². The minimum atomic E-state index is 0.0462. The predicted molar refractivity (Wildman–Crippen MR) is 97.0 cm³/mol. The number of anilines is 1. The number of piperidine rings is 1. The van der Waals surface area contributed by atoms with Gasteiger partial charge in [0.2, 0.25) is 0 Å². The van der Waals surface area contributed by atoms with Crippen LogP contribution in [0.25, 0.3) is 11.4 Å². The molecule has 1 aromatic carbocycles. The van der Waals surface area contributed by atoms with Crippen molar-refractivity contribution in [1.29, 1.82) is 0 Å². The van der Waals surface area contributed by atoms with Gasteiger partial charge in [0, 0.05) is 37.0 Å². The Bertz CT molecular complexity index is 718. The molecule has 0 spiro atoms. The van der Waals surface area contributed by atoms with Crippen LogP contribution in [0.1, 0.15) is 36.5 Å². The van der Waals surface area contributed by atoms with E-state index in [4.69, 9.17) is 10.5 Å². The minimum Gasteiger partial charge on any atom is -0.384 e. The second-order valence-corrected chi connectivity index (χ2v) is 6.27. The third kappa shape index (κ3) is 4.33. The van der Waals surface area contributed by atoms with E-state index < -0.39 is 0 Å². The molecule has 3 rings (SSSR count). The lowest BCUT2D eigenvalue weighted by atomic mass is 10.1. The first-order valence-corrected chi connectivity index (χ1v) is 8.77. The van der Waals surface area contributed by atoms with Gasteiger partial charge in [0.25, 0.3) is 5.91 Å². The maximum Gasteiger partial charge on any atom is 0.253 e. The zero-order valence-electron chi connectivity index (χ0n) is 14.5. The van der Waals surface area contributed by atoms with Gasteiger partial charge in [-0.1, -0.05) is 19.1 Å². The number of likely N-dealkylation sites (tertiary alicyclic amines) is 1. The molecule has 25 heavy (non-hydrogen) atoms. The van der Waals surface area contributed by atoms with Gasteiger partial charge in [0.15, 0.2) is 5.82 Å². The molecular formula is C19H24N4O2. The number of carbonyl (C=O) groups excluding carboxylic acids is 1. The van der Waals surface area contributed by atoms with Crippen molar-refractivity contribution in [2.45, 2.75) is 32.3 Å². The molecule has 132 valence electrons. The Labute approximate surface area is 148 Å². The first-order valence-electron chi connectivity index (χ1n) is 8.77. The van der Waals surface area contributed by atoms with E-state index in [-0.39, 0.29) is 12.0 Å². The van der Waals surface area contributed by atoms with E-state index >= 15 is 0 Å². The zero-order chi connectivity index (χ0) is 17.6. The molecule has 1 atom stereocenters. The van der Waals surface area contributed by atoms with Crippen molar-refractivity contribution in [1.82, 2.24) is 14.9 Å². The van der Waals surface area contributed by atoms with Crippen LogP contribution in [-0.2, 0) is 4.74 Å². The summed E-state index contributed by atoms with van der Waals surface area (Å²) in [5.74, 6) is 1.03. The average Bonchev–Trinajstić information content (AvgIpc) is 2.66. The van der Waals surface area contributed by atoms with Crippen LogP contribution in [-0.4, -0.2) is 46.6 Å². The van der Waals surface area contributed by atoms with Gasteiger partial charge in [-0.2, -0.15) is 0 Å². The highest BCUT2D eigenvalue weighted by Crippen LogP contribution is 2.19. The normalized spacial score (nSPS) is 17.5. The fraction of sp³-hybridized carbons (Fsp3) is 0.421. The molecule has 2 heterocycles. The van der Waals surface area contributed by atoms with Crippen molar-refractivity contribution in [3.8, 4) is 11.4 Å². The molecule has 1 aliphatic rings. The van der Waals surface area contributed by atoms with Crippen molar-refractivity contribution < 1.29 is 9.53 Å². The topological polar surface area (TPSA) is 81.3 Å². The summed E-state index contributed by atoms with van der Waals surface area (Å²) in [6.07, 6.45) is 4.78. The van der Waals surface area contributed by atoms with Crippen molar-refractivity contribution in [2.75, 3.05) is 25.4 Å². The standard InChI is InChI=1S/C19H24N4O2/c1-2-12-25-16-4-3-11-23(13-16)19(24)15-7-5-14(6-8-15)18-21-10-9-17(20)22-18/h5-10,16H,2-4,11-13H2,1H3,(H2,20,21,22). The molecule has 0 aliphatic carbocycles. The molecule has 6 heteroatoms. The Morgan fingerprint density at radius 1 is 1.32 bits per heavy atom. The summed E-state index contributed by atoms with van der Waals surface area (Å²) < 4.78 is 5.81. The van der Waals surface area contributed by atoms with Gasteiger partial charge in [-0.3, -0.25) is 4.79 Å². The summed E-state index contributed by atoms with van der Waals surface area (Å²) in [7, 11) is 0. The fourth-order valence-corrected chi connectivity index (χ4v) is 3.00. The van der Waals surface area contributed by atoms with E-state index in [2.05, 4.69) is 16.9 Å². The van der Waals surface area contributed by atoms with Crippen molar-refractivity contribution >= 4 is 11.7 Å². The van der Waals surface area contributed by atoms with E-state index in [9.17, 15) is 4.79 Å². The second kappa shape index (κ2) is 8.07. The molecule has 2 aromatic rings. The summed E-state index contributed by atoms with van der Waals surface area (Å²) in [5, 5.41) is 0. The predicted octanol–water partition coefficient (Wildman–Crippen LogP) is 2.76. The van der Waals surface area contributed by atoms with E-state index in [1.165, 1.54) is 0 Å². The number of ether oxygens (including phenoxy) is 1. The van der Waals surface area contributed by atoms with Crippen LogP contribution in [0.15, 0.2) is 36.5 Å². The minimum absolute atomic E-state index is 0.0462. The maximum atomic E-state index is 12.7. The number of nitrogens with two attached hydrogens (primary N) is 1. The molecule has 0 saturated carbocycles. The summed E-state index contributed by atoms with van der Waals surface area (Å²) in [6, 6.07) is 9.00. The van der Waals surface area contributed by atoms with Crippen LogP contribution in [0.3, 0.4) is 0 Å². The number of nitrogen functional groups attached to an aromatic ring is 1. The lowest BCUT2D eigenvalue weighted by molar-refractivity contribution is 0.00211. The van der Waals surface area contributed by atoms with Gasteiger partial charge in [-0.25, -0.2) is 9.97 Å². The lowest BCUT2D eigenvalue weighted by Gasteiger charge is -2.32. The van der Waals surface area contributed by atoms with Gasteiger partial charge in [-0.05, 0) is 37.5 Å². The van der Waals surface area contributed by atoms with Gasteiger partial charge >= 0.3 is 0 Å². The zero-order valence-corrected chi connectivity index (χ0v) is 14.5. The number of hydrogen-bond acceptors (Lipinski definition) is 5. The molecule has 2 N–H and O–H groups in total. The molecule has 1 aliphatic heterocycles. The molecule has 1 fully saturated rings. The molecule has 1 saturated heterocycles. The number of aromatic nitrogens is 2. The highest BCUT2D eigenvalue weighted by Gasteiger charge is 2.24. The number of nitrogens with zero attached hydrogens (tertiary/aromatic N) is 3. The lowest BCUT2D eigenvalue weighted by Crippen LogP contribution is -2.43. The maximum absolute atomic E-state index is 12.7. The monoisotopic (exact) mass is 340 g/mol. The largest absolute Gasteiger partial charge is 0.384 e. The van der Waals surface area contributed by atoms with Crippen molar-refractivity contribution in [3.05, 3.63) is 42.1 Å². The second-order valence-electron chi connectivity index (χ2n) is 6.27. The molecular weight excluding hydrogens is 316 g/mol. The average molecular weight is 340 g/mol. The molecule has 0 bridgehead atoms. The van der Waals surface area contributed by atoms with Gasteiger partial charge < -0.3 is 15.4 Å². The third-order valence-electron chi connectivity index (χ3n) is 4.29. The summed E-state index contributed by atoms with van der Waals surface area (Å²) in [6.45, 7) is 4.29. The summed E-state index contributed by atoms with van der Waals surface area (Å²) in [4.78, 5) is 23.0. The number of hydrogen-bond donors (Lipinski definition) is 1. The smallest absolute Gasteiger partial charge is 0.253 e. The van der Waals surface area contributed by atoms with E-state index in [0.717, 1.165) is 38.0 Å². The van der Waals surface area contributed by atoms with Crippen LogP contribution in [0.2, 0.25) is 0 Å². The quantitative estimate of drug-likeness (QED) is 0.905. The Hall–Kier alpha value is -2.47.